The average molecular weight is 584 g/mol. The smallest absolute Gasteiger partial charge is 0.264 e. The van der Waals surface area contributed by atoms with Crippen LogP contribution in [0.1, 0.15) is 49.8 Å². The Morgan fingerprint density at radius 2 is 1.60 bits per heavy atom. The molecule has 0 spiro atoms. The van der Waals surface area contributed by atoms with Crippen LogP contribution in [0.4, 0.5) is 5.69 Å². The lowest BCUT2D eigenvalue weighted by molar-refractivity contribution is -0.140. The molecule has 3 rings (SSSR count). The Morgan fingerprint density at radius 1 is 0.925 bits per heavy atom. The quantitative estimate of drug-likeness (QED) is 0.255. The third-order valence-corrected chi connectivity index (χ3v) is 8.69. The highest BCUT2D eigenvalue weighted by molar-refractivity contribution is 7.92. The van der Waals surface area contributed by atoms with Gasteiger partial charge in [-0.1, -0.05) is 79.4 Å². The molecule has 0 fully saturated rings. The second-order valence-corrected chi connectivity index (χ2v) is 12.2. The molecule has 2 amide bonds. The molecule has 0 heterocycles. The van der Waals surface area contributed by atoms with E-state index in [2.05, 4.69) is 5.32 Å². The van der Waals surface area contributed by atoms with E-state index < -0.39 is 28.5 Å². The fourth-order valence-corrected chi connectivity index (χ4v) is 5.95. The van der Waals surface area contributed by atoms with Crippen molar-refractivity contribution < 1.29 is 18.0 Å². The zero-order valence-corrected chi connectivity index (χ0v) is 25.1. The van der Waals surface area contributed by atoms with Crippen LogP contribution in [-0.2, 0) is 26.2 Å². The Kier molecular flexibility index (Phi) is 11.2. The molecule has 0 aromatic heterocycles. The van der Waals surface area contributed by atoms with Crippen molar-refractivity contribution >= 4 is 39.1 Å². The molecule has 0 radical (unpaired) electrons. The first-order valence-electron chi connectivity index (χ1n) is 13.5. The number of unbranched alkanes of at least 4 members (excludes halogenated alkanes) is 1. The number of amides is 2. The van der Waals surface area contributed by atoms with Crippen LogP contribution in [0.15, 0.2) is 77.7 Å². The third kappa shape index (κ3) is 8.08. The Bertz CT molecular complexity index is 1390. The number of sulfonamides is 1. The predicted molar refractivity (Wildman–Crippen MR) is 161 cm³/mol. The molecule has 1 N–H and O–H groups in total. The van der Waals surface area contributed by atoms with Gasteiger partial charge in [-0.05, 0) is 68.7 Å². The highest BCUT2D eigenvalue weighted by Gasteiger charge is 2.33. The standard InChI is InChI=1S/C31H38ClN3O4S/c1-5-7-19-33-31(37)29(6-2)34(21-25-10-8-9-24(4)20-25)30(36)22-35(27-15-11-23(3)12-16-27)40(38,39)28-17-13-26(32)14-18-28/h8-18,20,29H,5-7,19,21-22H2,1-4H3,(H,33,37)/t29-/m1/s1. The van der Waals surface area contributed by atoms with Gasteiger partial charge >= 0.3 is 0 Å². The Morgan fingerprint density at radius 3 is 2.20 bits per heavy atom. The van der Waals surface area contributed by atoms with Crippen molar-refractivity contribution in [3.05, 3.63) is 94.5 Å². The van der Waals surface area contributed by atoms with Gasteiger partial charge in [0, 0.05) is 18.1 Å². The van der Waals surface area contributed by atoms with Gasteiger partial charge in [0.05, 0.1) is 10.6 Å². The van der Waals surface area contributed by atoms with E-state index in [1.54, 1.807) is 24.3 Å². The van der Waals surface area contributed by atoms with Gasteiger partial charge < -0.3 is 10.2 Å². The van der Waals surface area contributed by atoms with Crippen molar-refractivity contribution in [1.82, 2.24) is 10.2 Å². The molecule has 0 bridgehead atoms. The van der Waals surface area contributed by atoms with E-state index in [-0.39, 0.29) is 17.3 Å². The Hall–Kier alpha value is -3.36. The molecule has 0 aliphatic heterocycles. The van der Waals surface area contributed by atoms with Gasteiger partial charge in [-0.25, -0.2) is 8.42 Å². The highest BCUT2D eigenvalue weighted by Crippen LogP contribution is 2.26. The van der Waals surface area contributed by atoms with Crippen LogP contribution < -0.4 is 9.62 Å². The highest BCUT2D eigenvalue weighted by atomic mass is 35.5. The second kappa shape index (κ2) is 14.3. The molecule has 0 saturated heterocycles. The molecular weight excluding hydrogens is 546 g/mol. The SMILES string of the molecule is CCCCNC(=O)[C@@H](CC)N(Cc1cccc(C)c1)C(=O)CN(c1ccc(C)cc1)S(=O)(=O)c1ccc(Cl)cc1. The van der Waals surface area contributed by atoms with Gasteiger partial charge in [0.2, 0.25) is 11.8 Å². The van der Waals surface area contributed by atoms with Crippen molar-refractivity contribution in [2.75, 3.05) is 17.4 Å². The zero-order chi connectivity index (χ0) is 29.3. The fraction of sp³-hybridized carbons (Fsp3) is 0.355. The van der Waals surface area contributed by atoms with Gasteiger partial charge in [-0.15, -0.1) is 0 Å². The number of nitrogens with zero attached hydrogens (tertiary/aromatic N) is 2. The molecular formula is C31H38ClN3O4S. The summed E-state index contributed by atoms with van der Waals surface area (Å²) < 4.78 is 28.8. The van der Waals surface area contributed by atoms with Crippen LogP contribution in [0.2, 0.25) is 5.02 Å². The van der Waals surface area contributed by atoms with E-state index in [1.807, 2.05) is 52.0 Å². The number of hydrogen-bond donors (Lipinski definition) is 1. The van der Waals surface area contributed by atoms with Crippen molar-refractivity contribution in [2.24, 2.45) is 0 Å². The summed E-state index contributed by atoms with van der Waals surface area (Å²) in [4.78, 5) is 28.8. The maximum absolute atomic E-state index is 14.1. The number of nitrogens with one attached hydrogen (secondary N) is 1. The Labute approximate surface area is 243 Å². The van der Waals surface area contributed by atoms with Crippen LogP contribution in [0, 0.1) is 13.8 Å². The van der Waals surface area contributed by atoms with E-state index in [9.17, 15) is 18.0 Å². The molecule has 40 heavy (non-hydrogen) atoms. The third-order valence-electron chi connectivity index (χ3n) is 6.65. The number of carbonyl (C=O) groups excluding carboxylic acids is 2. The molecule has 7 nitrogen and oxygen atoms in total. The van der Waals surface area contributed by atoms with Crippen molar-refractivity contribution in [3.63, 3.8) is 0 Å². The van der Waals surface area contributed by atoms with Crippen LogP contribution in [0.25, 0.3) is 0 Å². The van der Waals surface area contributed by atoms with Crippen molar-refractivity contribution in [2.45, 2.75) is 64.4 Å². The number of carbonyl (C=O) groups is 2. The summed E-state index contributed by atoms with van der Waals surface area (Å²) in [5.41, 5.74) is 3.19. The Balaban J connectivity index is 2.03. The lowest BCUT2D eigenvalue weighted by Crippen LogP contribution is -2.52. The molecule has 214 valence electrons. The summed E-state index contributed by atoms with van der Waals surface area (Å²) in [5, 5.41) is 3.35. The van der Waals surface area contributed by atoms with Crippen LogP contribution in [0.5, 0.6) is 0 Å². The second-order valence-electron chi connectivity index (χ2n) is 9.88. The van der Waals surface area contributed by atoms with Crippen molar-refractivity contribution in [1.29, 1.82) is 0 Å². The number of benzene rings is 3. The topological polar surface area (TPSA) is 86.8 Å². The van der Waals surface area contributed by atoms with Crippen LogP contribution in [-0.4, -0.2) is 44.3 Å². The first-order valence-corrected chi connectivity index (χ1v) is 15.4. The summed E-state index contributed by atoms with van der Waals surface area (Å²) in [5.74, 6) is -0.725. The molecule has 0 aliphatic rings. The largest absolute Gasteiger partial charge is 0.354 e. The van der Waals surface area contributed by atoms with E-state index in [0.717, 1.165) is 33.8 Å². The van der Waals surface area contributed by atoms with E-state index in [0.29, 0.717) is 23.7 Å². The summed E-state index contributed by atoms with van der Waals surface area (Å²) in [6, 6.07) is 19.8. The first-order chi connectivity index (χ1) is 19.1. The normalized spacial score (nSPS) is 12.0. The summed E-state index contributed by atoms with van der Waals surface area (Å²) >= 11 is 6.01. The maximum atomic E-state index is 14.1. The van der Waals surface area contributed by atoms with Crippen LogP contribution in [0.3, 0.4) is 0 Å². The van der Waals surface area contributed by atoms with Gasteiger partial charge in [-0.2, -0.15) is 0 Å². The van der Waals surface area contributed by atoms with E-state index in [1.165, 1.54) is 29.2 Å². The van der Waals surface area contributed by atoms with Gasteiger partial charge in [0.1, 0.15) is 12.6 Å². The molecule has 3 aromatic carbocycles. The zero-order valence-electron chi connectivity index (χ0n) is 23.6. The predicted octanol–water partition coefficient (Wildman–Crippen LogP) is 5.88. The van der Waals surface area contributed by atoms with Gasteiger partial charge in [0.15, 0.2) is 0 Å². The minimum atomic E-state index is -4.14. The number of halogens is 1. The molecule has 1 atom stereocenters. The average Bonchev–Trinajstić information content (AvgIpc) is 2.92. The van der Waals surface area contributed by atoms with Crippen LogP contribution >= 0.6 is 11.6 Å². The molecule has 0 aliphatic carbocycles. The van der Waals surface area contributed by atoms with Gasteiger partial charge in [0.25, 0.3) is 10.0 Å². The number of rotatable bonds is 13. The molecule has 3 aromatic rings. The summed E-state index contributed by atoms with van der Waals surface area (Å²) in [6.07, 6.45) is 2.13. The number of aryl methyl sites for hydroxylation is 2. The minimum absolute atomic E-state index is 0.0138. The first kappa shape index (κ1) is 31.2. The summed E-state index contributed by atoms with van der Waals surface area (Å²) in [7, 11) is -4.14. The van der Waals surface area contributed by atoms with Gasteiger partial charge in [-0.3, -0.25) is 13.9 Å². The number of hydrogen-bond acceptors (Lipinski definition) is 4. The fourth-order valence-electron chi connectivity index (χ4n) is 4.41. The monoisotopic (exact) mass is 583 g/mol. The maximum Gasteiger partial charge on any atom is 0.264 e. The molecule has 9 heteroatoms. The lowest BCUT2D eigenvalue weighted by Gasteiger charge is -2.33. The lowest BCUT2D eigenvalue weighted by atomic mass is 10.1. The van der Waals surface area contributed by atoms with Crippen molar-refractivity contribution in [3.8, 4) is 0 Å². The van der Waals surface area contributed by atoms with E-state index >= 15 is 0 Å². The minimum Gasteiger partial charge on any atom is -0.354 e. The summed E-state index contributed by atoms with van der Waals surface area (Å²) in [6.45, 7) is 7.96. The number of anilines is 1. The van der Waals surface area contributed by atoms with E-state index in [4.69, 9.17) is 11.6 Å². The molecule has 0 unspecified atom stereocenters. The molecule has 0 saturated carbocycles.